The summed E-state index contributed by atoms with van der Waals surface area (Å²) < 4.78 is 5.36. The number of hydrogen-bond donors (Lipinski definition) is 3. The summed E-state index contributed by atoms with van der Waals surface area (Å²) in [4.78, 5) is 10.1. The van der Waals surface area contributed by atoms with Gasteiger partial charge >= 0.3 is 0 Å². The van der Waals surface area contributed by atoms with E-state index in [1.54, 1.807) is 7.11 Å². The minimum atomic E-state index is 0.710. The van der Waals surface area contributed by atoms with Crippen LogP contribution in [0.15, 0.2) is 60.7 Å². The molecule has 38 heavy (non-hydrogen) atoms. The third-order valence-corrected chi connectivity index (χ3v) is 7.88. The Morgan fingerprint density at radius 1 is 0.921 bits per heavy atom. The molecule has 0 radical (unpaired) electrons. The summed E-state index contributed by atoms with van der Waals surface area (Å²) in [5.74, 6) is 1.56. The van der Waals surface area contributed by atoms with Crippen molar-refractivity contribution in [1.82, 2.24) is 15.2 Å². The van der Waals surface area contributed by atoms with Gasteiger partial charge in [0.15, 0.2) is 0 Å². The first-order chi connectivity index (χ1) is 18.7. The lowest BCUT2D eigenvalue weighted by Gasteiger charge is -2.31. The Morgan fingerprint density at radius 2 is 1.55 bits per heavy atom. The van der Waals surface area contributed by atoms with Gasteiger partial charge in [0.2, 0.25) is 0 Å². The molecule has 202 valence electrons. The maximum Gasteiger partial charge on any atom is 0.118 e. The number of hydrogen-bond acceptors (Lipinski definition) is 7. The lowest BCUT2D eigenvalue weighted by atomic mass is 9.97. The molecule has 7 heteroatoms. The van der Waals surface area contributed by atoms with Gasteiger partial charge < -0.3 is 30.9 Å². The molecule has 5 rings (SSSR count). The fourth-order valence-corrected chi connectivity index (χ4v) is 5.44. The number of methoxy groups -OCH3 is 1. The van der Waals surface area contributed by atoms with Gasteiger partial charge in [0.1, 0.15) is 5.75 Å². The Morgan fingerprint density at radius 3 is 2.16 bits per heavy atom. The van der Waals surface area contributed by atoms with Crippen molar-refractivity contribution in [1.29, 1.82) is 0 Å². The second-order valence-corrected chi connectivity index (χ2v) is 10.4. The molecule has 0 spiro atoms. The fourth-order valence-electron chi connectivity index (χ4n) is 5.44. The van der Waals surface area contributed by atoms with E-state index in [9.17, 15) is 0 Å². The van der Waals surface area contributed by atoms with E-state index in [-0.39, 0.29) is 0 Å². The van der Waals surface area contributed by atoms with Crippen molar-refractivity contribution in [2.45, 2.75) is 19.3 Å². The fraction of sp³-hybridized carbons (Fsp3) is 0.452. The molecular formula is C31H42N6O. The number of nitrogens with one attached hydrogen (secondary N) is 2. The van der Waals surface area contributed by atoms with Crippen LogP contribution in [0.5, 0.6) is 5.75 Å². The number of likely N-dealkylation sites (tertiary alicyclic amines) is 1. The van der Waals surface area contributed by atoms with E-state index < -0.39 is 0 Å². The Kier molecular flexibility index (Phi) is 9.12. The van der Waals surface area contributed by atoms with Gasteiger partial charge in [0.25, 0.3) is 0 Å². The van der Waals surface area contributed by atoms with Crippen LogP contribution in [0.2, 0.25) is 0 Å². The van der Waals surface area contributed by atoms with Crippen molar-refractivity contribution in [3.05, 3.63) is 60.7 Å². The van der Waals surface area contributed by atoms with Crippen molar-refractivity contribution in [3.8, 4) is 28.3 Å². The van der Waals surface area contributed by atoms with Crippen LogP contribution in [0.3, 0.4) is 0 Å². The van der Waals surface area contributed by atoms with E-state index in [1.165, 1.54) is 31.6 Å². The molecule has 0 bridgehead atoms. The Hall–Kier alpha value is -3.13. The van der Waals surface area contributed by atoms with Crippen molar-refractivity contribution < 1.29 is 4.74 Å². The Bertz CT molecular complexity index is 1140. The number of benzene rings is 2. The minimum Gasteiger partial charge on any atom is -0.497 e. The first-order valence-electron chi connectivity index (χ1n) is 14.1. The third-order valence-electron chi connectivity index (χ3n) is 7.88. The van der Waals surface area contributed by atoms with E-state index >= 15 is 0 Å². The zero-order valence-electron chi connectivity index (χ0n) is 22.7. The van der Waals surface area contributed by atoms with Gasteiger partial charge in [-0.25, -0.2) is 4.98 Å². The Balaban J connectivity index is 1.30. The van der Waals surface area contributed by atoms with E-state index in [0.717, 1.165) is 86.2 Å². The second-order valence-electron chi connectivity index (χ2n) is 10.4. The van der Waals surface area contributed by atoms with Crippen LogP contribution in [-0.4, -0.2) is 75.9 Å². The number of anilines is 2. The van der Waals surface area contributed by atoms with Crippen LogP contribution in [0.4, 0.5) is 11.4 Å². The normalized spacial score (nSPS) is 16.9. The molecular weight excluding hydrogens is 472 g/mol. The number of rotatable bonds is 10. The zero-order valence-corrected chi connectivity index (χ0v) is 22.7. The average molecular weight is 515 g/mol. The minimum absolute atomic E-state index is 0.710. The number of pyridine rings is 1. The van der Waals surface area contributed by atoms with Gasteiger partial charge in [-0.1, -0.05) is 12.1 Å². The van der Waals surface area contributed by atoms with Crippen LogP contribution in [-0.2, 0) is 0 Å². The maximum atomic E-state index is 5.85. The van der Waals surface area contributed by atoms with E-state index in [2.05, 4.69) is 69.0 Å². The number of nitrogens with zero attached hydrogens (tertiary/aromatic N) is 3. The van der Waals surface area contributed by atoms with Crippen LogP contribution >= 0.6 is 0 Å². The molecule has 2 aromatic carbocycles. The highest BCUT2D eigenvalue weighted by atomic mass is 16.5. The molecule has 0 saturated carbocycles. The summed E-state index contributed by atoms with van der Waals surface area (Å²) in [5, 5.41) is 7.11. The molecule has 4 N–H and O–H groups in total. The monoisotopic (exact) mass is 514 g/mol. The van der Waals surface area contributed by atoms with Crippen molar-refractivity contribution in [2.24, 2.45) is 11.7 Å². The van der Waals surface area contributed by atoms with Gasteiger partial charge in [0.05, 0.1) is 18.5 Å². The number of nitrogens with two attached hydrogens (primary N) is 1. The summed E-state index contributed by atoms with van der Waals surface area (Å²) in [5.41, 5.74) is 12.4. The highest BCUT2D eigenvalue weighted by Gasteiger charge is 2.17. The molecule has 3 aromatic rings. The molecule has 0 atom stereocenters. The van der Waals surface area contributed by atoms with Crippen LogP contribution in [0, 0.1) is 5.92 Å². The van der Waals surface area contributed by atoms with E-state index in [4.69, 9.17) is 15.5 Å². The van der Waals surface area contributed by atoms with Crippen molar-refractivity contribution in [2.75, 3.05) is 76.2 Å². The van der Waals surface area contributed by atoms with Gasteiger partial charge in [-0.15, -0.1) is 0 Å². The third kappa shape index (κ3) is 6.84. The number of piperidine rings is 1. The highest BCUT2D eigenvalue weighted by Crippen LogP contribution is 2.29. The lowest BCUT2D eigenvalue weighted by Crippen LogP contribution is -2.43. The summed E-state index contributed by atoms with van der Waals surface area (Å²) >= 11 is 0. The topological polar surface area (TPSA) is 78.7 Å². The summed E-state index contributed by atoms with van der Waals surface area (Å²) in [6.45, 7) is 9.40. The molecule has 2 aliphatic rings. The molecule has 1 aromatic heterocycles. The van der Waals surface area contributed by atoms with E-state index in [0.29, 0.717) is 5.92 Å². The molecule has 2 saturated heterocycles. The second kappa shape index (κ2) is 13.1. The van der Waals surface area contributed by atoms with Crippen molar-refractivity contribution >= 4 is 11.4 Å². The van der Waals surface area contributed by atoms with E-state index in [1.807, 2.05) is 12.1 Å². The molecule has 0 unspecified atom stereocenters. The summed E-state index contributed by atoms with van der Waals surface area (Å²) in [6.07, 6.45) is 3.58. The van der Waals surface area contributed by atoms with Crippen LogP contribution in [0.1, 0.15) is 19.3 Å². The summed E-state index contributed by atoms with van der Waals surface area (Å²) in [6, 6.07) is 21.3. The maximum absolute atomic E-state index is 5.85. The zero-order chi connectivity index (χ0) is 26.2. The van der Waals surface area contributed by atoms with Gasteiger partial charge in [-0.2, -0.15) is 0 Å². The number of aromatic nitrogens is 1. The Labute approximate surface area is 227 Å². The SMILES string of the molecule is COc1ccc(-c2cc(NCCCN3CCC(CN)CC3)cc(-c3ccc(N4CCNCC4)cc3)n2)cc1. The van der Waals surface area contributed by atoms with Crippen molar-refractivity contribution in [3.63, 3.8) is 0 Å². The first kappa shape index (κ1) is 26.5. The van der Waals surface area contributed by atoms with Gasteiger partial charge in [-0.05, 0) is 99.9 Å². The van der Waals surface area contributed by atoms with Crippen LogP contribution in [0.25, 0.3) is 22.5 Å². The molecule has 2 fully saturated rings. The smallest absolute Gasteiger partial charge is 0.118 e. The van der Waals surface area contributed by atoms with Gasteiger partial charge in [0, 0.05) is 55.2 Å². The number of piperazine rings is 1. The average Bonchev–Trinajstić information content (AvgIpc) is 3.00. The predicted octanol–water partition coefficient (Wildman–Crippen LogP) is 4.31. The lowest BCUT2D eigenvalue weighted by molar-refractivity contribution is 0.187. The first-order valence-corrected chi connectivity index (χ1v) is 14.1. The molecule has 3 heterocycles. The molecule has 2 aliphatic heterocycles. The predicted molar refractivity (Wildman–Crippen MR) is 158 cm³/mol. The molecule has 0 amide bonds. The van der Waals surface area contributed by atoms with Crippen LogP contribution < -0.4 is 26.0 Å². The highest BCUT2D eigenvalue weighted by molar-refractivity contribution is 5.73. The summed E-state index contributed by atoms with van der Waals surface area (Å²) in [7, 11) is 1.69. The largest absolute Gasteiger partial charge is 0.497 e. The molecule has 7 nitrogen and oxygen atoms in total. The standard InChI is InChI=1S/C31H42N6O/c1-38-29-9-5-26(6-10-29)31-22-27(34-13-2-16-36-17-11-24(23-32)12-18-36)21-30(35-31)25-3-7-28(8-4-25)37-19-14-33-15-20-37/h3-10,21-22,24,33H,2,11-20,23,32H2,1H3,(H,34,35). The molecule has 0 aliphatic carbocycles. The number of ether oxygens (including phenoxy) is 1. The van der Waals surface area contributed by atoms with Gasteiger partial charge in [-0.3, -0.25) is 0 Å². The quantitative estimate of drug-likeness (QED) is 0.348.